The number of rotatable bonds is 8. The Labute approximate surface area is 112 Å². The Morgan fingerprint density at radius 3 is 2.58 bits per heavy atom. The Kier molecular flexibility index (Phi) is 6.11. The quantitative estimate of drug-likeness (QED) is 0.605. The van der Waals surface area contributed by atoms with Gasteiger partial charge in [-0.3, -0.25) is 4.79 Å². The van der Waals surface area contributed by atoms with Crippen LogP contribution in [0.2, 0.25) is 0 Å². The third-order valence-corrected chi connectivity index (χ3v) is 2.65. The van der Waals surface area contributed by atoms with Crippen LogP contribution in [0.1, 0.15) is 18.1 Å². The number of aliphatic hydroxyl groups is 1. The Hall–Kier alpha value is -1.79. The number of ether oxygens (including phenoxy) is 2. The predicted molar refractivity (Wildman–Crippen MR) is 69.6 cm³/mol. The summed E-state index contributed by atoms with van der Waals surface area (Å²) in [4.78, 5) is 10.3. The van der Waals surface area contributed by atoms with Gasteiger partial charge in [0, 0.05) is 13.1 Å². The highest BCUT2D eigenvalue weighted by molar-refractivity contribution is 5.66. The van der Waals surface area contributed by atoms with E-state index in [-0.39, 0.29) is 13.0 Å². The molecular weight excluding hydrogens is 250 g/mol. The number of methoxy groups -OCH3 is 2. The predicted octanol–water partition coefficient (Wildman–Crippen LogP) is 0.801. The first kappa shape index (κ1) is 15.3. The zero-order valence-electron chi connectivity index (χ0n) is 11.0. The summed E-state index contributed by atoms with van der Waals surface area (Å²) in [6.45, 7) is 0.600. The normalized spacial score (nSPS) is 11.9. The first-order valence-corrected chi connectivity index (χ1v) is 5.91. The molecule has 3 N–H and O–H groups in total. The molecule has 0 radical (unpaired) electrons. The summed E-state index contributed by atoms with van der Waals surface area (Å²) in [5.41, 5.74) is 0.681. The minimum Gasteiger partial charge on any atom is -0.493 e. The number of aliphatic hydroxyl groups excluding tert-OH is 1. The minimum atomic E-state index is -0.867. The van der Waals surface area contributed by atoms with Crippen molar-refractivity contribution in [2.24, 2.45) is 0 Å². The number of carboxylic acid groups (broad SMARTS) is 1. The molecule has 1 aromatic rings. The molecule has 0 saturated heterocycles. The topological polar surface area (TPSA) is 88.0 Å². The molecule has 0 amide bonds. The molecule has 1 rings (SSSR count). The molecule has 1 unspecified atom stereocenters. The number of benzene rings is 1. The number of carbonyl (C=O) groups is 1. The van der Waals surface area contributed by atoms with Crippen LogP contribution < -0.4 is 14.8 Å². The van der Waals surface area contributed by atoms with E-state index < -0.39 is 12.1 Å². The molecule has 0 spiro atoms. The highest BCUT2D eigenvalue weighted by Gasteiger charge is 2.11. The van der Waals surface area contributed by atoms with E-state index >= 15 is 0 Å². The van der Waals surface area contributed by atoms with Crippen LogP contribution >= 0.6 is 0 Å². The molecular formula is C13H19NO5. The van der Waals surface area contributed by atoms with Crippen LogP contribution in [0.3, 0.4) is 0 Å². The Morgan fingerprint density at radius 1 is 1.32 bits per heavy atom. The van der Waals surface area contributed by atoms with Crippen molar-refractivity contribution in [1.82, 2.24) is 5.32 Å². The van der Waals surface area contributed by atoms with Crippen molar-refractivity contribution in [2.45, 2.75) is 12.5 Å². The van der Waals surface area contributed by atoms with Gasteiger partial charge in [0.1, 0.15) is 0 Å². The largest absolute Gasteiger partial charge is 0.493 e. The monoisotopic (exact) mass is 269 g/mol. The fourth-order valence-corrected chi connectivity index (χ4v) is 1.61. The summed E-state index contributed by atoms with van der Waals surface area (Å²) in [7, 11) is 3.07. The molecule has 0 aliphatic carbocycles. The van der Waals surface area contributed by atoms with Crippen LogP contribution in [0.5, 0.6) is 11.5 Å². The van der Waals surface area contributed by atoms with Gasteiger partial charge in [0.2, 0.25) is 0 Å². The smallest absolute Gasteiger partial charge is 0.304 e. The van der Waals surface area contributed by atoms with Crippen molar-refractivity contribution in [3.05, 3.63) is 23.8 Å². The molecule has 0 saturated carbocycles. The summed E-state index contributed by atoms with van der Waals surface area (Å²) in [6, 6.07) is 5.15. The van der Waals surface area contributed by atoms with Crippen LogP contribution in [0.4, 0.5) is 0 Å². The lowest BCUT2D eigenvalue weighted by Gasteiger charge is -2.14. The van der Waals surface area contributed by atoms with Gasteiger partial charge < -0.3 is 25.0 Å². The fourth-order valence-electron chi connectivity index (χ4n) is 1.61. The van der Waals surface area contributed by atoms with Gasteiger partial charge in [-0.1, -0.05) is 6.07 Å². The van der Waals surface area contributed by atoms with E-state index in [1.165, 1.54) is 7.11 Å². The SMILES string of the molecule is COc1ccc(C(O)CNCCC(=O)O)cc1OC. The van der Waals surface area contributed by atoms with Crippen molar-refractivity contribution in [2.75, 3.05) is 27.3 Å². The van der Waals surface area contributed by atoms with Gasteiger partial charge in [-0.15, -0.1) is 0 Å². The van der Waals surface area contributed by atoms with Gasteiger partial charge in [0.05, 0.1) is 26.7 Å². The molecule has 0 aromatic heterocycles. The molecule has 6 nitrogen and oxygen atoms in total. The van der Waals surface area contributed by atoms with E-state index in [9.17, 15) is 9.90 Å². The summed E-state index contributed by atoms with van der Waals surface area (Å²) in [5, 5.41) is 21.3. The molecule has 0 heterocycles. The van der Waals surface area contributed by atoms with Crippen molar-refractivity contribution in [3.8, 4) is 11.5 Å². The van der Waals surface area contributed by atoms with E-state index in [0.29, 0.717) is 23.6 Å². The maximum atomic E-state index is 10.3. The van der Waals surface area contributed by atoms with E-state index in [2.05, 4.69) is 5.32 Å². The standard InChI is InChI=1S/C13H19NO5/c1-18-11-4-3-9(7-12(11)19-2)10(15)8-14-6-5-13(16)17/h3-4,7,10,14-15H,5-6,8H2,1-2H3,(H,16,17). The van der Waals surface area contributed by atoms with Gasteiger partial charge >= 0.3 is 5.97 Å². The van der Waals surface area contributed by atoms with Crippen molar-refractivity contribution < 1.29 is 24.5 Å². The van der Waals surface area contributed by atoms with Crippen LogP contribution in [0, 0.1) is 0 Å². The third kappa shape index (κ3) is 4.76. The second-order valence-electron chi connectivity index (χ2n) is 3.98. The average Bonchev–Trinajstić information content (AvgIpc) is 2.42. The van der Waals surface area contributed by atoms with E-state index in [4.69, 9.17) is 14.6 Å². The Balaban J connectivity index is 2.56. The van der Waals surface area contributed by atoms with Crippen molar-refractivity contribution >= 4 is 5.97 Å². The van der Waals surface area contributed by atoms with E-state index in [1.807, 2.05) is 0 Å². The number of hydrogen-bond acceptors (Lipinski definition) is 5. The molecule has 0 bridgehead atoms. The summed E-state index contributed by atoms with van der Waals surface area (Å²) in [6.07, 6.45) is -0.702. The van der Waals surface area contributed by atoms with Crippen molar-refractivity contribution in [1.29, 1.82) is 0 Å². The summed E-state index contributed by atoms with van der Waals surface area (Å²) < 4.78 is 10.3. The van der Waals surface area contributed by atoms with Crippen LogP contribution in [0.25, 0.3) is 0 Å². The second kappa shape index (κ2) is 7.60. The van der Waals surface area contributed by atoms with Gasteiger partial charge in [-0.25, -0.2) is 0 Å². The maximum absolute atomic E-state index is 10.3. The fraction of sp³-hybridized carbons (Fsp3) is 0.462. The molecule has 1 aromatic carbocycles. The van der Waals surface area contributed by atoms with Crippen LogP contribution in [-0.2, 0) is 4.79 Å². The van der Waals surface area contributed by atoms with Crippen LogP contribution in [-0.4, -0.2) is 43.5 Å². The van der Waals surface area contributed by atoms with Gasteiger partial charge in [0.25, 0.3) is 0 Å². The average molecular weight is 269 g/mol. The highest BCUT2D eigenvalue weighted by atomic mass is 16.5. The minimum absolute atomic E-state index is 0.0264. The first-order chi connectivity index (χ1) is 9.08. The lowest BCUT2D eigenvalue weighted by molar-refractivity contribution is -0.136. The lowest BCUT2D eigenvalue weighted by Crippen LogP contribution is -2.24. The van der Waals surface area contributed by atoms with Gasteiger partial charge in [-0.05, 0) is 17.7 Å². The van der Waals surface area contributed by atoms with E-state index in [0.717, 1.165) is 0 Å². The van der Waals surface area contributed by atoms with E-state index in [1.54, 1.807) is 25.3 Å². The molecule has 19 heavy (non-hydrogen) atoms. The number of nitrogens with one attached hydrogen (secondary N) is 1. The molecule has 1 atom stereocenters. The van der Waals surface area contributed by atoms with Crippen molar-refractivity contribution in [3.63, 3.8) is 0 Å². The summed E-state index contributed by atoms with van der Waals surface area (Å²) >= 11 is 0. The molecule has 0 aliphatic rings. The van der Waals surface area contributed by atoms with Crippen LogP contribution in [0.15, 0.2) is 18.2 Å². The summed E-state index contributed by atoms with van der Waals surface area (Å²) in [5.74, 6) is 0.273. The zero-order valence-corrected chi connectivity index (χ0v) is 11.0. The van der Waals surface area contributed by atoms with Gasteiger partial charge in [0.15, 0.2) is 11.5 Å². The molecule has 106 valence electrons. The maximum Gasteiger partial charge on any atom is 0.304 e. The second-order valence-corrected chi connectivity index (χ2v) is 3.98. The third-order valence-electron chi connectivity index (χ3n) is 2.65. The lowest BCUT2D eigenvalue weighted by atomic mass is 10.1. The number of carboxylic acids is 1. The zero-order chi connectivity index (χ0) is 14.3. The highest BCUT2D eigenvalue weighted by Crippen LogP contribution is 2.29. The first-order valence-electron chi connectivity index (χ1n) is 5.91. The Morgan fingerprint density at radius 2 is 2.00 bits per heavy atom. The number of aliphatic carboxylic acids is 1. The van der Waals surface area contributed by atoms with Gasteiger partial charge in [-0.2, -0.15) is 0 Å². The molecule has 6 heteroatoms. The molecule has 0 fully saturated rings. The molecule has 0 aliphatic heterocycles. The Bertz CT molecular complexity index is 421. The number of hydrogen-bond donors (Lipinski definition) is 3.